The molecule has 0 radical (unpaired) electrons. The number of aliphatic hydroxyl groups is 2. The summed E-state index contributed by atoms with van der Waals surface area (Å²) in [6.45, 7) is 2.95. The first-order valence-corrected chi connectivity index (χ1v) is 6.79. The smallest absolute Gasteiger partial charge is 0.119 e. The van der Waals surface area contributed by atoms with Gasteiger partial charge in [0.2, 0.25) is 0 Å². The summed E-state index contributed by atoms with van der Waals surface area (Å²) in [5, 5.41) is 18.3. The molecule has 2 N–H and O–H groups in total. The lowest BCUT2D eigenvalue weighted by molar-refractivity contribution is 0.173. The number of benzene rings is 1. The van der Waals surface area contributed by atoms with E-state index in [2.05, 4.69) is 0 Å². The van der Waals surface area contributed by atoms with Crippen molar-refractivity contribution in [2.75, 3.05) is 13.2 Å². The lowest BCUT2D eigenvalue weighted by Gasteiger charge is -2.10. The SMILES string of the molecule is CCC(O)c1ccc(OCCCCCCO)cc1. The average Bonchev–Trinajstić information content (AvgIpc) is 2.42. The Hall–Kier alpha value is -1.06. The minimum atomic E-state index is -0.377. The van der Waals surface area contributed by atoms with E-state index >= 15 is 0 Å². The first kappa shape index (κ1) is 15.0. The number of rotatable bonds is 9. The molecule has 1 atom stereocenters. The molecule has 0 spiro atoms. The third-order valence-electron chi connectivity index (χ3n) is 2.97. The second kappa shape index (κ2) is 8.95. The van der Waals surface area contributed by atoms with Crippen molar-refractivity contribution in [3.05, 3.63) is 29.8 Å². The van der Waals surface area contributed by atoms with Crippen molar-refractivity contribution >= 4 is 0 Å². The van der Waals surface area contributed by atoms with Crippen LogP contribution in [0.4, 0.5) is 0 Å². The molecular formula is C15H24O3. The maximum absolute atomic E-state index is 9.66. The summed E-state index contributed by atoms with van der Waals surface area (Å²) in [7, 11) is 0. The van der Waals surface area contributed by atoms with Gasteiger partial charge in [-0.2, -0.15) is 0 Å². The van der Waals surface area contributed by atoms with Gasteiger partial charge in [-0.05, 0) is 43.4 Å². The maximum Gasteiger partial charge on any atom is 0.119 e. The Morgan fingerprint density at radius 3 is 2.33 bits per heavy atom. The third-order valence-corrected chi connectivity index (χ3v) is 2.97. The van der Waals surface area contributed by atoms with Gasteiger partial charge in [-0.25, -0.2) is 0 Å². The van der Waals surface area contributed by atoms with E-state index in [0.717, 1.165) is 43.4 Å². The largest absolute Gasteiger partial charge is 0.494 e. The summed E-state index contributed by atoms with van der Waals surface area (Å²) in [6, 6.07) is 7.63. The zero-order valence-electron chi connectivity index (χ0n) is 11.1. The number of ether oxygens (including phenoxy) is 1. The highest BCUT2D eigenvalue weighted by Gasteiger charge is 2.04. The van der Waals surface area contributed by atoms with Crippen molar-refractivity contribution in [3.8, 4) is 5.75 Å². The van der Waals surface area contributed by atoms with Crippen LogP contribution < -0.4 is 4.74 Å². The highest BCUT2D eigenvalue weighted by Crippen LogP contribution is 2.19. The van der Waals surface area contributed by atoms with Crippen LogP contribution in [0.2, 0.25) is 0 Å². The number of aliphatic hydroxyl groups excluding tert-OH is 2. The molecule has 0 heterocycles. The monoisotopic (exact) mass is 252 g/mol. The van der Waals surface area contributed by atoms with Gasteiger partial charge in [0.1, 0.15) is 5.75 Å². The molecule has 0 aliphatic rings. The van der Waals surface area contributed by atoms with Crippen LogP contribution in [0.25, 0.3) is 0 Å². The molecule has 0 amide bonds. The highest BCUT2D eigenvalue weighted by molar-refractivity contribution is 5.28. The fourth-order valence-electron chi connectivity index (χ4n) is 1.78. The Morgan fingerprint density at radius 2 is 1.72 bits per heavy atom. The zero-order valence-corrected chi connectivity index (χ0v) is 11.1. The average molecular weight is 252 g/mol. The fraction of sp³-hybridized carbons (Fsp3) is 0.600. The normalized spacial score (nSPS) is 12.4. The van der Waals surface area contributed by atoms with Crippen molar-refractivity contribution in [2.45, 2.75) is 45.1 Å². The minimum absolute atomic E-state index is 0.280. The van der Waals surface area contributed by atoms with E-state index in [1.54, 1.807) is 0 Å². The molecule has 0 saturated heterocycles. The van der Waals surface area contributed by atoms with Gasteiger partial charge in [0.05, 0.1) is 12.7 Å². The number of hydrogen-bond donors (Lipinski definition) is 2. The Kier molecular flexibility index (Phi) is 7.46. The molecule has 1 aromatic rings. The topological polar surface area (TPSA) is 49.7 Å². The van der Waals surface area contributed by atoms with Gasteiger partial charge >= 0.3 is 0 Å². The summed E-state index contributed by atoms with van der Waals surface area (Å²) < 4.78 is 5.61. The van der Waals surface area contributed by atoms with Gasteiger partial charge < -0.3 is 14.9 Å². The summed E-state index contributed by atoms with van der Waals surface area (Å²) >= 11 is 0. The second-order valence-electron chi connectivity index (χ2n) is 4.48. The first-order chi connectivity index (χ1) is 8.77. The molecule has 1 rings (SSSR count). The van der Waals surface area contributed by atoms with E-state index in [4.69, 9.17) is 9.84 Å². The Bertz CT molecular complexity index is 308. The van der Waals surface area contributed by atoms with E-state index in [0.29, 0.717) is 6.61 Å². The van der Waals surface area contributed by atoms with E-state index in [1.165, 1.54) is 0 Å². The Morgan fingerprint density at radius 1 is 1.06 bits per heavy atom. The molecule has 102 valence electrons. The zero-order chi connectivity index (χ0) is 13.2. The molecule has 3 nitrogen and oxygen atoms in total. The Balaban J connectivity index is 2.22. The van der Waals surface area contributed by atoms with Gasteiger partial charge in [0, 0.05) is 6.61 Å². The lowest BCUT2D eigenvalue weighted by atomic mass is 10.1. The molecule has 0 saturated carbocycles. The molecule has 3 heteroatoms. The van der Waals surface area contributed by atoms with E-state index in [-0.39, 0.29) is 12.7 Å². The van der Waals surface area contributed by atoms with Crippen molar-refractivity contribution in [1.29, 1.82) is 0 Å². The molecule has 1 aromatic carbocycles. The third kappa shape index (κ3) is 5.52. The highest BCUT2D eigenvalue weighted by atomic mass is 16.5. The summed E-state index contributed by atoms with van der Waals surface area (Å²) in [5.74, 6) is 0.851. The van der Waals surface area contributed by atoms with Gasteiger partial charge in [-0.1, -0.05) is 25.5 Å². The van der Waals surface area contributed by atoms with Gasteiger partial charge in [-0.3, -0.25) is 0 Å². The predicted octanol–water partition coefficient (Wildman–Crippen LogP) is 3.06. The van der Waals surface area contributed by atoms with Crippen LogP contribution in [0.5, 0.6) is 5.75 Å². The van der Waals surface area contributed by atoms with Crippen LogP contribution in [0.3, 0.4) is 0 Å². The number of hydrogen-bond acceptors (Lipinski definition) is 3. The van der Waals surface area contributed by atoms with Crippen molar-refractivity contribution in [3.63, 3.8) is 0 Å². The lowest BCUT2D eigenvalue weighted by Crippen LogP contribution is -1.99. The van der Waals surface area contributed by atoms with Gasteiger partial charge in [0.15, 0.2) is 0 Å². The Labute approximate surface area is 109 Å². The van der Waals surface area contributed by atoms with Crippen LogP contribution in [0.1, 0.15) is 50.7 Å². The molecule has 1 unspecified atom stereocenters. The van der Waals surface area contributed by atoms with E-state index < -0.39 is 0 Å². The quantitative estimate of drug-likeness (QED) is 0.664. The molecule has 0 aliphatic heterocycles. The number of unbranched alkanes of at least 4 members (excludes halogenated alkanes) is 3. The molecule has 0 bridgehead atoms. The minimum Gasteiger partial charge on any atom is -0.494 e. The molecular weight excluding hydrogens is 228 g/mol. The van der Waals surface area contributed by atoms with Gasteiger partial charge in [-0.15, -0.1) is 0 Å². The fourth-order valence-corrected chi connectivity index (χ4v) is 1.78. The molecule has 0 aromatic heterocycles. The van der Waals surface area contributed by atoms with E-state index in [9.17, 15) is 5.11 Å². The maximum atomic E-state index is 9.66. The summed E-state index contributed by atoms with van der Waals surface area (Å²) in [4.78, 5) is 0. The van der Waals surface area contributed by atoms with Crippen LogP contribution in [-0.2, 0) is 0 Å². The van der Waals surface area contributed by atoms with Crippen molar-refractivity contribution < 1.29 is 14.9 Å². The van der Waals surface area contributed by atoms with Crippen LogP contribution >= 0.6 is 0 Å². The predicted molar refractivity (Wildman–Crippen MR) is 72.7 cm³/mol. The van der Waals surface area contributed by atoms with Crippen molar-refractivity contribution in [2.24, 2.45) is 0 Å². The molecule has 18 heavy (non-hydrogen) atoms. The van der Waals surface area contributed by atoms with Crippen LogP contribution in [-0.4, -0.2) is 23.4 Å². The standard InChI is InChI=1S/C15H24O3/c1-2-15(17)13-7-9-14(10-8-13)18-12-6-4-3-5-11-16/h7-10,15-17H,2-6,11-12H2,1H3. The van der Waals surface area contributed by atoms with Crippen molar-refractivity contribution in [1.82, 2.24) is 0 Å². The summed E-state index contributed by atoms with van der Waals surface area (Å²) in [6.07, 6.45) is 4.39. The van der Waals surface area contributed by atoms with E-state index in [1.807, 2.05) is 31.2 Å². The second-order valence-corrected chi connectivity index (χ2v) is 4.48. The molecule has 0 fully saturated rings. The summed E-state index contributed by atoms with van der Waals surface area (Å²) in [5.41, 5.74) is 0.938. The molecule has 0 aliphatic carbocycles. The van der Waals surface area contributed by atoms with Crippen LogP contribution in [0, 0.1) is 0 Å². The first-order valence-electron chi connectivity index (χ1n) is 6.79. The van der Waals surface area contributed by atoms with Crippen LogP contribution in [0.15, 0.2) is 24.3 Å². The van der Waals surface area contributed by atoms with Gasteiger partial charge in [0.25, 0.3) is 0 Å².